The Labute approximate surface area is 126 Å². The molecule has 22 heavy (non-hydrogen) atoms. The third kappa shape index (κ3) is 1.61. The lowest BCUT2D eigenvalue weighted by Gasteiger charge is -2.37. The van der Waals surface area contributed by atoms with Gasteiger partial charge < -0.3 is 10.0 Å². The number of aromatic nitrogens is 3. The van der Waals surface area contributed by atoms with Crippen molar-refractivity contribution in [3.05, 3.63) is 17.5 Å². The average molecular weight is 326 g/mol. The number of nitrogens with zero attached hydrogens (tertiary/aromatic N) is 4. The quantitative estimate of drug-likeness (QED) is 0.548. The van der Waals surface area contributed by atoms with Crippen LogP contribution in [0.5, 0.6) is 0 Å². The minimum absolute atomic E-state index is 0.0253. The monoisotopic (exact) mass is 326 g/mol. The van der Waals surface area contributed by atoms with Gasteiger partial charge in [0.25, 0.3) is 5.91 Å². The lowest BCUT2D eigenvalue weighted by atomic mass is 9.95. The summed E-state index contributed by atoms with van der Waals surface area (Å²) in [5, 5.41) is 15.5. The van der Waals surface area contributed by atoms with Crippen LogP contribution in [0.3, 0.4) is 0 Å². The van der Waals surface area contributed by atoms with Crippen molar-refractivity contribution < 1.29 is 23.1 Å². The molecule has 1 aromatic rings. The molecule has 0 aliphatic carbocycles. The summed E-state index contributed by atoms with van der Waals surface area (Å²) in [5.41, 5.74) is 0.370. The van der Waals surface area contributed by atoms with Crippen LogP contribution in [0.2, 0.25) is 0 Å². The molecule has 2 aliphatic heterocycles. The number of carboxylic acids is 1. The highest BCUT2D eigenvalue weighted by molar-refractivity contribution is 7.94. The SMILES string of the molecule is Cn1cc(/C=C2/C(=O)N3[C@@H](C(=O)O)C(C)(C)S(=O)(=O)[C@H]23)nn1. The number of hydrogen-bond acceptors (Lipinski definition) is 6. The van der Waals surface area contributed by atoms with Crippen molar-refractivity contribution in [2.45, 2.75) is 30.0 Å². The topological polar surface area (TPSA) is 122 Å². The highest BCUT2D eigenvalue weighted by atomic mass is 32.2. The van der Waals surface area contributed by atoms with E-state index in [0.29, 0.717) is 5.69 Å². The molecular weight excluding hydrogens is 312 g/mol. The number of aryl methyl sites for hydroxylation is 1. The van der Waals surface area contributed by atoms with E-state index in [4.69, 9.17) is 0 Å². The number of carboxylic acid groups (broad SMARTS) is 1. The number of carbonyl (C=O) groups is 2. The molecule has 0 radical (unpaired) electrons. The van der Waals surface area contributed by atoms with Crippen LogP contribution < -0.4 is 0 Å². The first-order chi connectivity index (χ1) is 10.1. The summed E-state index contributed by atoms with van der Waals surface area (Å²) in [6, 6.07) is -1.39. The predicted octanol–water partition coefficient (Wildman–Crippen LogP) is -0.973. The summed E-state index contributed by atoms with van der Waals surface area (Å²) in [5.74, 6) is -1.93. The van der Waals surface area contributed by atoms with Crippen molar-refractivity contribution in [1.29, 1.82) is 0 Å². The van der Waals surface area contributed by atoms with Gasteiger partial charge in [0.05, 0.1) is 11.8 Å². The van der Waals surface area contributed by atoms with Gasteiger partial charge in [-0.25, -0.2) is 13.2 Å². The molecule has 3 rings (SSSR count). The van der Waals surface area contributed by atoms with Crippen LogP contribution in [0.25, 0.3) is 6.08 Å². The van der Waals surface area contributed by atoms with E-state index >= 15 is 0 Å². The molecule has 118 valence electrons. The number of aliphatic carboxylic acids is 1. The average Bonchev–Trinajstić information content (AvgIpc) is 2.85. The van der Waals surface area contributed by atoms with Gasteiger partial charge in [-0.3, -0.25) is 9.48 Å². The molecular formula is C12H14N4O5S. The number of rotatable bonds is 2. The number of carbonyl (C=O) groups excluding carboxylic acids is 1. The largest absolute Gasteiger partial charge is 0.480 e. The third-order valence-corrected chi connectivity index (χ3v) is 6.88. The summed E-state index contributed by atoms with van der Waals surface area (Å²) in [6.45, 7) is 2.65. The Balaban J connectivity index is 2.10. The summed E-state index contributed by atoms with van der Waals surface area (Å²) < 4.78 is 25.1. The molecule has 2 fully saturated rings. The zero-order chi connectivity index (χ0) is 16.4. The Morgan fingerprint density at radius 1 is 1.45 bits per heavy atom. The fourth-order valence-electron chi connectivity index (χ4n) is 2.93. The van der Waals surface area contributed by atoms with Crippen molar-refractivity contribution in [3.8, 4) is 0 Å². The van der Waals surface area contributed by atoms with Crippen LogP contribution in [0.1, 0.15) is 19.5 Å². The van der Waals surface area contributed by atoms with E-state index in [9.17, 15) is 23.1 Å². The minimum Gasteiger partial charge on any atom is -0.480 e. The molecule has 0 unspecified atom stereocenters. The highest BCUT2D eigenvalue weighted by Crippen LogP contribution is 2.48. The van der Waals surface area contributed by atoms with E-state index in [1.807, 2.05) is 0 Å². The Bertz CT molecular complexity index is 822. The molecule has 10 heteroatoms. The van der Waals surface area contributed by atoms with E-state index in [-0.39, 0.29) is 5.57 Å². The fraction of sp³-hybridized carbons (Fsp3) is 0.500. The highest BCUT2D eigenvalue weighted by Gasteiger charge is 2.70. The van der Waals surface area contributed by atoms with Gasteiger partial charge in [0, 0.05) is 7.05 Å². The van der Waals surface area contributed by atoms with Crippen molar-refractivity contribution >= 4 is 27.8 Å². The Hall–Kier alpha value is -2.23. The normalized spacial score (nSPS) is 30.2. The first-order valence-electron chi connectivity index (χ1n) is 6.46. The molecule has 0 aromatic carbocycles. The van der Waals surface area contributed by atoms with Crippen LogP contribution in [0.15, 0.2) is 11.8 Å². The van der Waals surface area contributed by atoms with Crippen molar-refractivity contribution in [2.24, 2.45) is 7.05 Å². The molecule has 2 saturated heterocycles. The fourth-order valence-corrected chi connectivity index (χ4v) is 5.05. The number of β-lactam (4-membered cyclic amide) rings is 1. The van der Waals surface area contributed by atoms with Gasteiger partial charge in [-0.2, -0.15) is 0 Å². The van der Waals surface area contributed by atoms with Gasteiger partial charge in [0.2, 0.25) is 0 Å². The van der Waals surface area contributed by atoms with Crippen LogP contribution in [-0.2, 0) is 26.5 Å². The van der Waals surface area contributed by atoms with E-state index in [2.05, 4.69) is 10.3 Å². The first kappa shape index (κ1) is 14.7. The predicted molar refractivity (Wildman–Crippen MR) is 74.0 cm³/mol. The number of sulfone groups is 1. The van der Waals surface area contributed by atoms with E-state index in [0.717, 1.165) is 4.90 Å². The van der Waals surface area contributed by atoms with Gasteiger partial charge in [0.1, 0.15) is 10.4 Å². The Morgan fingerprint density at radius 2 is 2.09 bits per heavy atom. The molecule has 0 spiro atoms. The Morgan fingerprint density at radius 3 is 2.59 bits per heavy atom. The number of amides is 1. The molecule has 1 aromatic heterocycles. The summed E-state index contributed by atoms with van der Waals surface area (Å²) in [6.07, 6.45) is 2.87. The van der Waals surface area contributed by atoms with Crippen LogP contribution >= 0.6 is 0 Å². The molecule has 1 amide bonds. The van der Waals surface area contributed by atoms with Gasteiger partial charge in [-0.15, -0.1) is 5.10 Å². The molecule has 9 nitrogen and oxygen atoms in total. The summed E-state index contributed by atoms with van der Waals surface area (Å²) >= 11 is 0. The molecule has 2 aliphatic rings. The summed E-state index contributed by atoms with van der Waals surface area (Å²) in [4.78, 5) is 24.5. The smallest absolute Gasteiger partial charge is 0.328 e. The van der Waals surface area contributed by atoms with Crippen molar-refractivity contribution in [3.63, 3.8) is 0 Å². The van der Waals surface area contributed by atoms with Crippen LogP contribution in [0.4, 0.5) is 0 Å². The molecule has 0 saturated carbocycles. The third-order valence-electron chi connectivity index (χ3n) is 4.12. The standard InChI is InChI=1S/C12H14N4O5S/c1-12(2)8(11(18)19)16-9(17)7(10(16)22(12,20)21)4-6-5-15(3)14-13-6/h4-5,8,10H,1-3H3,(H,18,19)/b7-4-/t8-,10+/m0/s1. The first-order valence-corrected chi connectivity index (χ1v) is 8.00. The molecule has 2 atom stereocenters. The van der Waals surface area contributed by atoms with E-state index in [1.165, 1.54) is 30.8 Å². The zero-order valence-corrected chi connectivity index (χ0v) is 12.9. The van der Waals surface area contributed by atoms with Gasteiger partial charge in [-0.1, -0.05) is 5.21 Å². The van der Waals surface area contributed by atoms with E-state index < -0.39 is 37.9 Å². The maximum atomic E-state index is 12.6. The molecule has 3 heterocycles. The molecule has 1 N–H and O–H groups in total. The summed E-state index contributed by atoms with van der Waals surface area (Å²) in [7, 11) is -2.22. The Kier molecular flexibility index (Phi) is 2.78. The van der Waals surface area contributed by atoms with Crippen LogP contribution in [0, 0.1) is 0 Å². The maximum absolute atomic E-state index is 12.6. The second kappa shape index (κ2) is 4.15. The second-order valence-electron chi connectivity index (χ2n) is 5.87. The molecule has 0 bridgehead atoms. The van der Waals surface area contributed by atoms with Gasteiger partial charge >= 0.3 is 5.97 Å². The van der Waals surface area contributed by atoms with Crippen molar-refractivity contribution in [1.82, 2.24) is 19.9 Å². The second-order valence-corrected chi connectivity index (χ2v) is 8.46. The minimum atomic E-state index is -3.85. The van der Waals surface area contributed by atoms with Crippen molar-refractivity contribution in [2.75, 3.05) is 0 Å². The zero-order valence-electron chi connectivity index (χ0n) is 12.1. The van der Waals surface area contributed by atoms with Gasteiger partial charge in [-0.05, 0) is 19.9 Å². The van der Waals surface area contributed by atoms with Crippen LogP contribution in [-0.4, -0.2) is 61.5 Å². The van der Waals surface area contributed by atoms with E-state index in [1.54, 1.807) is 7.05 Å². The lowest BCUT2D eigenvalue weighted by molar-refractivity contribution is -0.152. The number of hydrogen-bond donors (Lipinski definition) is 1. The van der Waals surface area contributed by atoms with Gasteiger partial charge in [0.15, 0.2) is 21.3 Å². The maximum Gasteiger partial charge on any atom is 0.328 e. The number of fused-ring (bicyclic) bond motifs is 1. The lowest BCUT2D eigenvalue weighted by Crippen LogP contribution is -2.58.